The molecule has 2 aromatic carbocycles. The highest BCUT2D eigenvalue weighted by Crippen LogP contribution is 2.19. The molecular weight excluding hydrogens is 364 g/mol. The van der Waals surface area contributed by atoms with E-state index < -0.39 is 6.04 Å². The zero-order valence-corrected chi connectivity index (χ0v) is 18.1. The summed E-state index contributed by atoms with van der Waals surface area (Å²) in [5.74, 6) is 0.558. The van der Waals surface area contributed by atoms with Crippen LogP contribution in [0.3, 0.4) is 0 Å². The number of amides is 2. The number of hydrogen-bond acceptors (Lipinski definition) is 3. The van der Waals surface area contributed by atoms with Crippen LogP contribution >= 0.6 is 0 Å². The predicted molar refractivity (Wildman–Crippen MR) is 116 cm³/mol. The van der Waals surface area contributed by atoms with Gasteiger partial charge in [-0.3, -0.25) is 9.59 Å². The molecule has 0 bridgehead atoms. The van der Waals surface area contributed by atoms with Crippen molar-refractivity contribution in [2.75, 3.05) is 13.7 Å². The number of benzene rings is 2. The second kappa shape index (κ2) is 10.6. The normalized spacial score (nSPS) is 11.6. The third-order valence-electron chi connectivity index (χ3n) is 5.07. The lowest BCUT2D eigenvalue weighted by Gasteiger charge is -2.31. The van der Waals surface area contributed by atoms with E-state index in [-0.39, 0.29) is 18.2 Å². The quantitative estimate of drug-likeness (QED) is 0.701. The van der Waals surface area contributed by atoms with Crippen molar-refractivity contribution in [1.82, 2.24) is 10.2 Å². The average Bonchev–Trinajstić information content (AvgIpc) is 2.71. The van der Waals surface area contributed by atoms with Gasteiger partial charge in [0, 0.05) is 13.1 Å². The Bertz CT molecular complexity index is 848. The fourth-order valence-corrected chi connectivity index (χ4v) is 3.43. The van der Waals surface area contributed by atoms with Crippen molar-refractivity contribution in [1.29, 1.82) is 0 Å². The molecule has 0 saturated carbocycles. The maximum absolute atomic E-state index is 13.4. The van der Waals surface area contributed by atoms with Crippen molar-refractivity contribution in [3.63, 3.8) is 0 Å². The first-order valence-electron chi connectivity index (χ1n) is 10.2. The highest BCUT2D eigenvalue weighted by atomic mass is 16.5. The Morgan fingerprint density at radius 1 is 1.10 bits per heavy atom. The molecule has 0 radical (unpaired) electrons. The summed E-state index contributed by atoms with van der Waals surface area (Å²) >= 11 is 0. The van der Waals surface area contributed by atoms with Crippen molar-refractivity contribution in [2.45, 2.75) is 53.1 Å². The van der Waals surface area contributed by atoms with Gasteiger partial charge in [0.15, 0.2) is 0 Å². The molecule has 1 atom stereocenters. The second-order valence-corrected chi connectivity index (χ2v) is 7.30. The molecule has 2 rings (SSSR count). The van der Waals surface area contributed by atoms with Gasteiger partial charge in [-0.2, -0.15) is 0 Å². The largest absolute Gasteiger partial charge is 0.497 e. The molecule has 0 aromatic heterocycles. The Hall–Kier alpha value is -2.82. The van der Waals surface area contributed by atoms with E-state index in [0.717, 1.165) is 28.0 Å². The van der Waals surface area contributed by atoms with E-state index in [0.29, 0.717) is 19.5 Å². The van der Waals surface area contributed by atoms with Crippen LogP contribution in [-0.4, -0.2) is 36.4 Å². The van der Waals surface area contributed by atoms with Crippen LogP contribution in [0.4, 0.5) is 0 Å². The first kappa shape index (κ1) is 22.5. The molecule has 0 aliphatic rings. The summed E-state index contributed by atoms with van der Waals surface area (Å²) < 4.78 is 5.31. The molecule has 2 aromatic rings. The van der Waals surface area contributed by atoms with E-state index in [1.807, 2.05) is 70.2 Å². The smallest absolute Gasteiger partial charge is 0.242 e. The van der Waals surface area contributed by atoms with Crippen molar-refractivity contribution in [3.8, 4) is 5.75 Å². The topological polar surface area (TPSA) is 58.6 Å². The molecule has 0 aliphatic heterocycles. The molecule has 156 valence electrons. The number of rotatable bonds is 9. The van der Waals surface area contributed by atoms with E-state index in [1.54, 1.807) is 12.0 Å². The maximum atomic E-state index is 13.4. The monoisotopic (exact) mass is 396 g/mol. The van der Waals surface area contributed by atoms with Gasteiger partial charge >= 0.3 is 0 Å². The van der Waals surface area contributed by atoms with Gasteiger partial charge in [0.05, 0.1) is 13.5 Å². The molecule has 5 heteroatoms. The molecular formula is C24H32N2O3. The van der Waals surface area contributed by atoms with Gasteiger partial charge in [-0.05, 0) is 56.0 Å². The van der Waals surface area contributed by atoms with Gasteiger partial charge in [-0.1, -0.05) is 42.8 Å². The first-order valence-corrected chi connectivity index (χ1v) is 10.2. The lowest BCUT2D eigenvalue weighted by Crippen LogP contribution is -2.49. The molecule has 0 heterocycles. The molecule has 29 heavy (non-hydrogen) atoms. The minimum atomic E-state index is -0.515. The van der Waals surface area contributed by atoms with Gasteiger partial charge in [0.25, 0.3) is 0 Å². The summed E-state index contributed by atoms with van der Waals surface area (Å²) in [6, 6.07) is 13.2. The van der Waals surface area contributed by atoms with Crippen molar-refractivity contribution in [3.05, 3.63) is 64.7 Å². The van der Waals surface area contributed by atoms with Crippen molar-refractivity contribution >= 4 is 11.8 Å². The van der Waals surface area contributed by atoms with Gasteiger partial charge in [-0.15, -0.1) is 0 Å². The molecule has 2 amide bonds. The number of methoxy groups -OCH3 is 1. The summed E-state index contributed by atoms with van der Waals surface area (Å²) in [7, 11) is 1.62. The van der Waals surface area contributed by atoms with Gasteiger partial charge in [-0.25, -0.2) is 0 Å². The van der Waals surface area contributed by atoms with Gasteiger partial charge in [0.2, 0.25) is 11.8 Å². The molecule has 1 N–H and O–H groups in total. The van der Waals surface area contributed by atoms with Gasteiger partial charge < -0.3 is 15.0 Å². The lowest BCUT2D eigenvalue weighted by atomic mass is 10.0. The Morgan fingerprint density at radius 3 is 2.52 bits per heavy atom. The van der Waals surface area contributed by atoms with E-state index >= 15 is 0 Å². The fraction of sp³-hybridized carbons (Fsp3) is 0.417. The summed E-state index contributed by atoms with van der Waals surface area (Å²) in [6.07, 6.45) is 0.821. The summed E-state index contributed by atoms with van der Waals surface area (Å²) in [6.45, 7) is 8.74. The summed E-state index contributed by atoms with van der Waals surface area (Å²) in [4.78, 5) is 27.7. The van der Waals surface area contributed by atoms with E-state index in [9.17, 15) is 9.59 Å². The van der Waals surface area contributed by atoms with Crippen LogP contribution in [-0.2, 0) is 22.6 Å². The fourth-order valence-electron chi connectivity index (χ4n) is 3.43. The number of carbonyl (C=O) groups is 2. The third-order valence-corrected chi connectivity index (χ3v) is 5.07. The van der Waals surface area contributed by atoms with E-state index in [1.165, 1.54) is 0 Å². The predicted octanol–water partition coefficient (Wildman–Crippen LogP) is 3.80. The number of nitrogens with zero attached hydrogens (tertiary/aromatic N) is 1. The van der Waals surface area contributed by atoms with Crippen LogP contribution in [0.25, 0.3) is 0 Å². The van der Waals surface area contributed by atoms with Crippen LogP contribution in [0.5, 0.6) is 5.75 Å². The number of aryl methyl sites for hydroxylation is 2. The Balaban J connectivity index is 2.34. The summed E-state index contributed by atoms with van der Waals surface area (Å²) in [5, 5.41) is 2.87. The Labute approximate surface area is 174 Å². The molecule has 0 aliphatic carbocycles. The minimum Gasteiger partial charge on any atom is -0.497 e. The lowest BCUT2D eigenvalue weighted by molar-refractivity contribution is -0.140. The third kappa shape index (κ3) is 6.08. The molecule has 0 saturated heterocycles. The number of carbonyl (C=O) groups excluding carboxylic acids is 2. The zero-order valence-electron chi connectivity index (χ0n) is 18.1. The zero-order chi connectivity index (χ0) is 21.4. The molecule has 5 nitrogen and oxygen atoms in total. The SMILES string of the molecule is CCNC(=O)[C@H](CC)N(Cc1cccc(OC)c1)C(=O)Cc1cc(C)ccc1C. The maximum Gasteiger partial charge on any atom is 0.242 e. The van der Waals surface area contributed by atoms with Crippen LogP contribution in [0.15, 0.2) is 42.5 Å². The van der Waals surface area contributed by atoms with Crippen LogP contribution in [0.1, 0.15) is 42.5 Å². The van der Waals surface area contributed by atoms with Crippen molar-refractivity contribution in [2.24, 2.45) is 0 Å². The van der Waals surface area contributed by atoms with Crippen LogP contribution < -0.4 is 10.1 Å². The number of hydrogen-bond donors (Lipinski definition) is 1. The van der Waals surface area contributed by atoms with Crippen LogP contribution in [0, 0.1) is 13.8 Å². The minimum absolute atomic E-state index is 0.0559. The van der Waals surface area contributed by atoms with Crippen LogP contribution in [0.2, 0.25) is 0 Å². The first-order chi connectivity index (χ1) is 13.9. The standard InChI is InChI=1S/C24H32N2O3/c1-6-22(24(28)25-7-2)26(16-19-9-8-10-21(14-19)29-5)23(27)15-20-13-17(3)11-12-18(20)4/h8-14,22H,6-7,15-16H2,1-5H3,(H,25,28)/t22-/m0/s1. The highest BCUT2D eigenvalue weighted by Gasteiger charge is 2.28. The molecule has 0 unspecified atom stereocenters. The number of nitrogens with one attached hydrogen (secondary N) is 1. The number of likely N-dealkylation sites (N-methyl/N-ethyl adjacent to an activating group) is 1. The van der Waals surface area contributed by atoms with Crippen molar-refractivity contribution < 1.29 is 14.3 Å². The van der Waals surface area contributed by atoms with Gasteiger partial charge in [0.1, 0.15) is 11.8 Å². The van der Waals surface area contributed by atoms with E-state index in [2.05, 4.69) is 5.32 Å². The second-order valence-electron chi connectivity index (χ2n) is 7.30. The Morgan fingerprint density at radius 2 is 1.86 bits per heavy atom. The Kier molecular flexibility index (Phi) is 8.25. The highest BCUT2D eigenvalue weighted by molar-refractivity contribution is 5.88. The molecule has 0 spiro atoms. The average molecular weight is 397 g/mol. The van der Waals surface area contributed by atoms with E-state index in [4.69, 9.17) is 4.74 Å². The number of ether oxygens (including phenoxy) is 1. The molecule has 0 fully saturated rings. The summed E-state index contributed by atoms with van der Waals surface area (Å²) in [5.41, 5.74) is 4.13.